The maximum absolute atomic E-state index is 11.4. The summed E-state index contributed by atoms with van der Waals surface area (Å²) in [6, 6.07) is 0. The Balaban J connectivity index is 3.89. The van der Waals surface area contributed by atoms with Gasteiger partial charge in [0, 0.05) is 18.5 Å². The number of hydrogen-bond donors (Lipinski definition) is 3. The lowest BCUT2D eigenvalue weighted by molar-refractivity contribution is 0.305. The fourth-order valence-corrected chi connectivity index (χ4v) is 2.66. The van der Waals surface area contributed by atoms with Crippen molar-refractivity contribution in [2.24, 2.45) is 16.3 Å². The third-order valence-electron chi connectivity index (χ3n) is 3.31. The molecule has 7 nitrogen and oxygen atoms in total. The van der Waals surface area contributed by atoms with E-state index < -0.39 is 10.0 Å². The second-order valence-electron chi connectivity index (χ2n) is 5.48. The molecule has 0 aromatic carbocycles. The lowest BCUT2D eigenvalue weighted by Gasteiger charge is -2.23. The van der Waals surface area contributed by atoms with Gasteiger partial charge in [-0.25, -0.2) is 12.7 Å². The van der Waals surface area contributed by atoms with Gasteiger partial charge in [0.25, 0.3) is 0 Å². The Bertz CT molecular complexity index is 407. The van der Waals surface area contributed by atoms with Crippen LogP contribution in [0.4, 0.5) is 0 Å². The Morgan fingerprint density at radius 3 is 2.45 bits per heavy atom. The molecule has 0 saturated heterocycles. The van der Waals surface area contributed by atoms with Gasteiger partial charge in [0.15, 0.2) is 0 Å². The van der Waals surface area contributed by atoms with E-state index in [2.05, 4.69) is 10.5 Å². The highest BCUT2D eigenvalue weighted by Gasteiger charge is 2.22. The Labute approximate surface area is 122 Å². The zero-order valence-corrected chi connectivity index (χ0v) is 13.7. The standard InChI is InChI=1S/C12H28N4O3S/c1-5-16(20(4,18)19)10-6-8-14-9-7-12(2,3)11(13)15-17/h14,17H,5-10H2,1-4H3,(H2,13,15). The Kier molecular flexibility index (Phi) is 8.07. The van der Waals surface area contributed by atoms with Crippen LogP contribution >= 0.6 is 0 Å². The molecule has 0 aromatic heterocycles. The highest BCUT2D eigenvalue weighted by molar-refractivity contribution is 7.88. The summed E-state index contributed by atoms with van der Waals surface area (Å²) in [5.41, 5.74) is 5.24. The van der Waals surface area contributed by atoms with Crippen molar-refractivity contribution in [3.05, 3.63) is 0 Å². The fourth-order valence-electron chi connectivity index (χ4n) is 1.73. The van der Waals surface area contributed by atoms with Crippen molar-refractivity contribution in [1.29, 1.82) is 0 Å². The van der Waals surface area contributed by atoms with Crippen LogP contribution in [0.2, 0.25) is 0 Å². The molecule has 0 spiro atoms. The van der Waals surface area contributed by atoms with E-state index in [-0.39, 0.29) is 11.3 Å². The number of sulfonamides is 1. The molecule has 0 radical (unpaired) electrons. The van der Waals surface area contributed by atoms with E-state index in [4.69, 9.17) is 10.9 Å². The molecule has 0 saturated carbocycles. The number of nitrogens with two attached hydrogens (primary N) is 1. The van der Waals surface area contributed by atoms with Gasteiger partial charge in [-0.15, -0.1) is 0 Å². The predicted molar refractivity (Wildman–Crippen MR) is 81.4 cm³/mol. The van der Waals surface area contributed by atoms with Crippen LogP contribution in [0.25, 0.3) is 0 Å². The number of amidine groups is 1. The van der Waals surface area contributed by atoms with Crippen LogP contribution in [0.5, 0.6) is 0 Å². The molecular weight excluding hydrogens is 280 g/mol. The van der Waals surface area contributed by atoms with Gasteiger partial charge in [-0.2, -0.15) is 0 Å². The molecule has 0 aromatic rings. The zero-order chi connectivity index (χ0) is 15.8. The summed E-state index contributed by atoms with van der Waals surface area (Å²) in [7, 11) is -3.10. The van der Waals surface area contributed by atoms with E-state index in [9.17, 15) is 8.42 Å². The SMILES string of the molecule is CCN(CCCNCCC(C)(C)C(N)=NO)S(C)(=O)=O. The molecule has 0 fully saturated rings. The van der Waals surface area contributed by atoms with Crippen molar-refractivity contribution in [3.8, 4) is 0 Å². The van der Waals surface area contributed by atoms with Crippen molar-refractivity contribution in [2.45, 2.75) is 33.6 Å². The van der Waals surface area contributed by atoms with E-state index in [0.717, 1.165) is 25.9 Å². The quantitative estimate of drug-likeness (QED) is 0.178. The van der Waals surface area contributed by atoms with Gasteiger partial charge in [-0.1, -0.05) is 25.9 Å². The van der Waals surface area contributed by atoms with Crippen LogP contribution in [0, 0.1) is 5.41 Å². The second-order valence-corrected chi connectivity index (χ2v) is 7.46. The highest BCUT2D eigenvalue weighted by atomic mass is 32.2. The smallest absolute Gasteiger partial charge is 0.211 e. The van der Waals surface area contributed by atoms with E-state index >= 15 is 0 Å². The molecular formula is C12H28N4O3S. The molecule has 0 atom stereocenters. The van der Waals surface area contributed by atoms with Crippen LogP contribution in [0.1, 0.15) is 33.6 Å². The van der Waals surface area contributed by atoms with Gasteiger partial charge >= 0.3 is 0 Å². The zero-order valence-electron chi connectivity index (χ0n) is 12.9. The van der Waals surface area contributed by atoms with Crippen LogP contribution in [-0.4, -0.2) is 56.2 Å². The first-order valence-electron chi connectivity index (χ1n) is 6.79. The minimum absolute atomic E-state index is 0.216. The average molecular weight is 308 g/mol. The van der Waals surface area contributed by atoms with Crippen LogP contribution in [0.15, 0.2) is 5.16 Å². The van der Waals surface area contributed by atoms with Gasteiger partial charge in [-0.05, 0) is 25.9 Å². The molecule has 0 aliphatic carbocycles. The third kappa shape index (κ3) is 7.06. The van der Waals surface area contributed by atoms with Crippen molar-refractivity contribution in [1.82, 2.24) is 9.62 Å². The first-order valence-corrected chi connectivity index (χ1v) is 8.63. The first-order chi connectivity index (χ1) is 9.15. The summed E-state index contributed by atoms with van der Waals surface area (Å²) < 4.78 is 24.2. The van der Waals surface area contributed by atoms with E-state index in [1.165, 1.54) is 10.6 Å². The van der Waals surface area contributed by atoms with E-state index in [1.54, 1.807) is 0 Å². The van der Waals surface area contributed by atoms with Crippen molar-refractivity contribution < 1.29 is 13.6 Å². The molecule has 0 aliphatic rings. The van der Waals surface area contributed by atoms with Gasteiger partial charge in [0.1, 0.15) is 5.84 Å². The summed E-state index contributed by atoms with van der Waals surface area (Å²) in [5, 5.41) is 14.9. The predicted octanol–water partition coefficient (Wildman–Crippen LogP) is 0.410. The summed E-state index contributed by atoms with van der Waals surface area (Å²) in [5.74, 6) is 0.216. The molecule has 0 bridgehead atoms. The minimum Gasteiger partial charge on any atom is -0.409 e. The molecule has 0 unspecified atom stereocenters. The largest absolute Gasteiger partial charge is 0.409 e. The van der Waals surface area contributed by atoms with Crippen molar-refractivity contribution in [3.63, 3.8) is 0 Å². The van der Waals surface area contributed by atoms with Crippen LogP contribution in [-0.2, 0) is 10.0 Å². The number of nitrogens with zero attached hydrogens (tertiary/aromatic N) is 2. The Morgan fingerprint density at radius 2 is 2.00 bits per heavy atom. The van der Waals surface area contributed by atoms with Gasteiger partial charge in [0.05, 0.1) is 6.26 Å². The molecule has 8 heteroatoms. The monoisotopic (exact) mass is 308 g/mol. The number of nitrogens with one attached hydrogen (secondary N) is 1. The van der Waals surface area contributed by atoms with Gasteiger partial charge < -0.3 is 16.3 Å². The lowest BCUT2D eigenvalue weighted by atomic mass is 9.88. The second kappa shape index (κ2) is 8.43. The van der Waals surface area contributed by atoms with Crippen LogP contribution < -0.4 is 11.1 Å². The minimum atomic E-state index is -3.10. The molecule has 0 heterocycles. The molecule has 120 valence electrons. The highest BCUT2D eigenvalue weighted by Crippen LogP contribution is 2.19. The number of rotatable bonds is 10. The molecule has 0 rings (SSSR count). The molecule has 0 amide bonds. The van der Waals surface area contributed by atoms with E-state index in [0.29, 0.717) is 13.1 Å². The molecule has 4 N–H and O–H groups in total. The average Bonchev–Trinajstić information content (AvgIpc) is 2.35. The van der Waals surface area contributed by atoms with Crippen molar-refractivity contribution in [2.75, 3.05) is 32.4 Å². The fraction of sp³-hybridized carbons (Fsp3) is 0.917. The maximum atomic E-state index is 11.4. The van der Waals surface area contributed by atoms with Gasteiger partial charge in [-0.3, -0.25) is 0 Å². The molecule has 0 aliphatic heterocycles. The third-order valence-corrected chi connectivity index (χ3v) is 4.69. The first kappa shape index (κ1) is 19.1. The number of hydrogen-bond acceptors (Lipinski definition) is 5. The summed E-state index contributed by atoms with van der Waals surface area (Å²) in [4.78, 5) is 0. The van der Waals surface area contributed by atoms with Crippen LogP contribution in [0.3, 0.4) is 0 Å². The Hall–Kier alpha value is -0.860. The normalized spacial score (nSPS) is 13.9. The maximum Gasteiger partial charge on any atom is 0.211 e. The van der Waals surface area contributed by atoms with Gasteiger partial charge in [0.2, 0.25) is 10.0 Å². The summed E-state index contributed by atoms with van der Waals surface area (Å²) in [6.07, 6.45) is 2.72. The summed E-state index contributed by atoms with van der Waals surface area (Å²) in [6.45, 7) is 8.13. The van der Waals surface area contributed by atoms with E-state index in [1.807, 2.05) is 20.8 Å². The number of oxime groups is 1. The summed E-state index contributed by atoms with van der Waals surface area (Å²) >= 11 is 0. The molecule has 20 heavy (non-hydrogen) atoms. The Morgan fingerprint density at radius 1 is 1.40 bits per heavy atom. The topological polar surface area (TPSA) is 108 Å². The lowest BCUT2D eigenvalue weighted by Crippen LogP contribution is -2.36. The van der Waals surface area contributed by atoms with Crippen molar-refractivity contribution >= 4 is 15.9 Å².